The van der Waals surface area contributed by atoms with E-state index < -0.39 is 11.6 Å². The van der Waals surface area contributed by atoms with Crippen LogP contribution in [0.3, 0.4) is 0 Å². The molecule has 0 radical (unpaired) electrons. The fourth-order valence-electron chi connectivity index (χ4n) is 2.49. The lowest BCUT2D eigenvalue weighted by Crippen LogP contribution is -2.11. The van der Waals surface area contributed by atoms with Gasteiger partial charge in [0.15, 0.2) is 17.3 Å². The van der Waals surface area contributed by atoms with Crippen molar-refractivity contribution in [1.29, 1.82) is 0 Å². The fourth-order valence-corrected chi connectivity index (χ4v) is 2.49. The quantitative estimate of drug-likeness (QED) is 0.328. The van der Waals surface area contributed by atoms with Crippen LogP contribution in [0.2, 0.25) is 0 Å². The summed E-state index contributed by atoms with van der Waals surface area (Å²) in [6.07, 6.45) is 2.80. The van der Waals surface area contributed by atoms with Crippen LogP contribution in [0.5, 0.6) is 17.4 Å². The van der Waals surface area contributed by atoms with Crippen LogP contribution in [-0.4, -0.2) is 12.1 Å². The number of ether oxygens (including phenoxy) is 2. The summed E-state index contributed by atoms with van der Waals surface area (Å²) in [6, 6.07) is 10.2. The molecule has 0 aliphatic heterocycles. The number of nitrogens with zero attached hydrogens (tertiary/aromatic N) is 1. The normalized spacial score (nSPS) is 9.97. The van der Waals surface area contributed by atoms with Crippen LogP contribution in [0.1, 0.15) is 27.3 Å². The number of aryl methyl sites for hydroxylation is 1. The van der Waals surface area contributed by atoms with Gasteiger partial charge in [0.05, 0.1) is 18.5 Å². The molecule has 0 aliphatic rings. The third-order valence-electron chi connectivity index (χ3n) is 3.77. The standard InChI is InChI=1S/C19H18F2N4O2.C3H8.H2/c1-11-3-5-17(27-16-6-4-12(20)10-13(16)21)15(9-11)24-14-7-8-23-19(26-2)18(14)25-22;1-3-2;/h3-10,25H,22H2,1-2H3,(H,23,24);3H2,1-2H3;1H. The van der Waals surface area contributed by atoms with E-state index in [1.807, 2.05) is 19.1 Å². The minimum absolute atomic E-state index is 0. The first-order valence-electron chi connectivity index (χ1n) is 9.43. The zero-order valence-electron chi connectivity index (χ0n) is 17.4. The van der Waals surface area contributed by atoms with Gasteiger partial charge >= 0.3 is 0 Å². The largest absolute Gasteiger partial charge is 0.479 e. The molecule has 3 rings (SSSR count). The van der Waals surface area contributed by atoms with Gasteiger partial charge < -0.3 is 20.2 Å². The molecule has 162 valence electrons. The Morgan fingerprint density at radius 2 is 1.73 bits per heavy atom. The number of aromatic nitrogens is 1. The van der Waals surface area contributed by atoms with E-state index in [0.29, 0.717) is 28.7 Å². The Labute approximate surface area is 176 Å². The molecule has 0 spiro atoms. The van der Waals surface area contributed by atoms with Crippen molar-refractivity contribution in [2.75, 3.05) is 17.9 Å². The molecule has 0 fully saturated rings. The average Bonchev–Trinajstić information content (AvgIpc) is 2.72. The van der Waals surface area contributed by atoms with E-state index in [2.05, 4.69) is 29.6 Å². The number of pyridine rings is 1. The molecular weight excluding hydrogens is 390 g/mol. The van der Waals surface area contributed by atoms with Crippen LogP contribution in [-0.2, 0) is 0 Å². The molecule has 6 nitrogen and oxygen atoms in total. The Balaban J connectivity index is 0.00000113. The van der Waals surface area contributed by atoms with Gasteiger partial charge in [0.25, 0.3) is 0 Å². The lowest BCUT2D eigenvalue weighted by atomic mass is 10.2. The highest BCUT2D eigenvalue weighted by molar-refractivity contribution is 5.79. The lowest BCUT2D eigenvalue weighted by Gasteiger charge is -2.17. The van der Waals surface area contributed by atoms with Crippen LogP contribution >= 0.6 is 0 Å². The molecular formula is C22H28F2N4O2. The van der Waals surface area contributed by atoms with Crippen molar-refractivity contribution in [2.45, 2.75) is 27.2 Å². The highest BCUT2D eigenvalue weighted by Gasteiger charge is 2.14. The number of nitrogens with two attached hydrogens (primary N) is 1. The van der Waals surface area contributed by atoms with E-state index in [-0.39, 0.29) is 7.18 Å². The predicted octanol–water partition coefficient (Wildman–Crippen LogP) is 6.16. The SMILES string of the molecule is CCC.COc1nccc(Nc2cc(C)ccc2Oc2ccc(F)cc2F)c1NN.[HH]. The smallest absolute Gasteiger partial charge is 0.240 e. The first kappa shape index (κ1) is 22.9. The molecule has 0 unspecified atom stereocenters. The molecule has 1 aromatic heterocycles. The van der Waals surface area contributed by atoms with Crippen molar-refractivity contribution in [1.82, 2.24) is 4.98 Å². The minimum atomic E-state index is -0.795. The monoisotopic (exact) mass is 418 g/mol. The van der Waals surface area contributed by atoms with Gasteiger partial charge in [-0.25, -0.2) is 13.8 Å². The van der Waals surface area contributed by atoms with Gasteiger partial charge in [-0.2, -0.15) is 0 Å². The average molecular weight is 418 g/mol. The molecule has 0 amide bonds. The number of nitrogen functional groups attached to an aromatic ring is 1. The maximum absolute atomic E-state index is 14.0. The number of anilines is 3. The Morgan fingerprint density at radius 1 is 1.03 bits per heavy atom. The third kappa shape index (κ3) is 5.81. The Morgan fingerprint density at radius 3 is 2.37 bits per heavy atom. The van der Waals surface area contributed by atoms with Crippen molar-refractivity contribution in [3.05, 3.63) is 65.9 Å². The van der Waals surface area contributed by atoms with E-state index in [4.69, 9.17) is 15.3 Å². The molecule has 0 saturated carbocycles. The zero-order chi connectivity index (χ0) is 22.1. The first-order valence-corrected chi connectivity index (χ1v) is 9.43. The number of halogens is 2. The van der Waals surface area contributed by atoms with Gasteiger partial charge in [-0.1, -0.05) is 26.3 Å². The molecule has 1 heterocycles. The van der Waals surface area contributed by atoms with Gasteiger partial charge in [-0.3, -0.25) is 5.84 Å². The van der Waals surface area contributed by atoms with E-state index in [0.717, 1.165) is 17.7 Å². The van der Waals surface area contributed by atoms with Gasteiger partial charge in [-0.15, -0.1) is 0 Å². The van der Waals surface area contributed by atoms with E-state index in [9.17, 15) is 8.78 Å². The third-order valence-corrected chi connectivity index (χ3v) is 3.77. The van der Waals surface area contributed by atoms with Crippen LogP contribution in [0.25, 0.3) is 0 Å². The molecule has 2 aromatic carbocycles. The molecule has 0 bridgehead atoms. The lowest BCUT2D eigenvalue weighted by molar-refractivity contribution is 0.400. The van der Waals surface area contributed by atoms with Gasteiger partial charge in [-0.05, 0) is 42.8 Å². The summed E-state index contributed by atoms with van der Waals surface area (Å²) < 4.78 is 37.9. The summed E-state index contributed by atoms with van der Waals surface area (Å²) in [4.78, 5) is 4.08. The Hall–Kier alpha value is -3.39. The van der Waals surface area contributed by atoms with Gasteiger partial charge in [0, 0.05) is 13.7 Å². The summed E-state index contributed by atoms with van der Waals surface area (Å²) in [7, 11) is 1.48. The van der Waals surface area contributed by atoms with Crippen molar-refractivity contribution in [3.63, 3.8) is 0 Å². The summed E-state index contributed by atoms with van der Waals surface area (Å²) in [5, 5.41) is 3.17. The Kier molecular flexibility index (Phi) is 8.37. The highest BCUT2D eigenvalue weighted by Crippen LogP contribution is 2.37. The summed E-state index contributed by atoms with van der Waals surface area (Å²) in [5.74, 6) is 4.68. The molecule has 0 saturated heterocycles. The summed E-state index contributed by atoms with van der Waals surface area (Å²) in [5.41, 5.74) is 5.08. The predicted molar refractivity (Wildman–Crippen MR) is 118 cm³/mol. The van der Waals surface area contributed by atoms with E-state index >= 15 is 0 Å². The number of rotatable bonds is 6. The number of methoxy groups -OCH3 is 1. The van der Waals surface area contributed by atoms with Gasteiger partial charge in [0.1, 0.15) is 11.5 Å². The van der Waals surface area contributed by atoms with Crippen molar-refractivity contribution in [3.8, 4) is 17.4 Å². The fraction of sp³-hybridized carbons (Fsp3) is 0.227. The molecule has 8 heteroatoms. The van der Waals surface area contributed by atoms with E-state index in [1.54, 1.807) is 18.3 Å². The van der Waals surface area contributed by atoms with Crippen LogP contribution in [0.4, 0.5) is 25.8 Å². The van der Waals surface area contributed by atoms with Gasteiger partial charge in [0.2, 0.25) is 5.88 Å². The second kappa shape index (κ2) is 11.0. The molecule has 3 aromatic rings. The highest BCUT2D eigenvalue weighted by atomic mass is 19.1. The van der Waals surface area contributed by atoms with Crippen LogP contribution < -0.4 is 26.1 Å². The number of hydrazine groups is 1. The van der Waals surface area contributed by atoms with E-state index in [1.165, 1.54) is 19.6 Å². The van der Waals surface area contributed by atoms with Crippen molar-refractivity contribution < 1.29 is 19.7 Å². The molecule has 0 atom stereocenters. The summed E-state index contributed by atoms with van der Waals surface area (Å²) >= 11 is 0. The molecule has 30 heavy (non-hydrogen) atoms. The maximum Gasteiger partial charge on any atom is 0.240 e. The zero-order valence-corrected chi connectivity index (χ0v) is 17.4. The number of hydrogen-bond donors (Lipinski definition) is 3. The summed E-state index contributed by atoms with van der Waals surface area (Å²) in [6.45, 7) is 6.16. The number of nitrogens with one attached hydrogen (secondary N) is 2. The second-order valence-electron chi connectivity index (χ2n) is 6.40. The number of benzene rings is 2. The van der Waals surface area contributed by atoms with Crippen LogP contribution in [0, 0.1) is 18.6 Å². The van der Waals surface area contributed by atoms with Crippen molar-refractivity contribution >= 4 is 17.1 Å². The topological polar surface area (TPSA) is 81.4 Å². The maximum atomic E-state index is 14.0. The second-order valence-corrected chi connectivity index (χ2v) is 6.40. The van der Waals surface area contributed by atoms with Crippen molar-refractivity contribution in [2.24, 2.45) is 5.84 Å². The van der Waals surface area contributed by atoms with Crippen LogP contribution in [0.15, 0.2) is 48.7 Å². The number of hydrogen-bond acceptors (Lipinski definition) is 6. The first-order chi connectivity index (χ1) is 14.4. The minimum Gasteiger partial charge on any atom is -0.479 e. The molecule has 0 aliphatic carbocycles. The Bertz CT molecular complexity index is 990. The molecule has 4 N–H and O–H groups in total.